The number of amides is 2. The van der Waals surface area contributed by atoms with Gasteiger partial charge in [0.1, 0.15) is 0 Å². The Morgan fingerprint density at radius 2 is 1.83 bits per heavy atom. The first-order valence-corrected chi connectivity index (χ1v) is 9.84. The highest BCUT2D eigenvalue weighted by molar-refractivity contribution is 7.99. The van der Waals surface area contributed by atoms with Crippen LogP contribution < -0.4 is 0 Å². The molecule has 0 bridgehead atoms. The number of fused-ring (bicyclic) bond motifs is 1. The zero-order valence-electron chi connectivity index (χ0n) is 14.6. The maximum absolute atomic E-state index is 12.6. The summed E-state index contributed by atoms with van der Waals surface area (Å²) in [5.41, 5.74) is 2.51. The van der Waals surface area contributed by atoms with E-state index >= 15 is 0 Å². The van der Waals surface area contributed by atoms with Crippen LogP contribution in [0.4, 0.5) is 0 Å². The fourth-order valence-electron chi connectivity index (χ4n) is 3.35. The Kier molecular flexibility index (Phi) is 5.49. The van der Waals surface area contributed by atoms with E-state index in [1.54, 1.807) is 0 Å². The van der Waals surface area contributed by atoms with Crippen molar-refractivity contribution in [1.29, 1.82) is 0 Å². The molecule has 0 radical (unpaired) electrons. The van der Waals surface area contributed by atoms with Gasteiger partial charge in [0.2, 0.25) is 11.8 Å². The molecule has 3 rings (SSSR count). The molecule has 24 heavy (non-hydrogen) atoms. The smallest absolute Gasteiger partial charge is 0.227 e. The first-order valence-electron chi connectivity index (χ1n) is 8.86. The Hall–Kier alpha value is -1.49. The molecule has 130 valence electrons. The molecule has 0 aliphatic carbocycles. The third kappa shape index (κ3) is 3.94. The van der Waals surface area contributed by atoms with Crippen LogP contribution >= 0.6 is 11.8 Å². The average molecular weight is 346 g/mol. The Morgan fingerprint density at radius 3 is 2.54 bits per heavy atom. The number of piperazine rings is 1. The molecular weight excluding hydrogens is 320 g/mol. The standard InChI is InChI=1S/C19H26N2O2S/c1-14(2)19(23)21-9-7-20(8-10-21)18(22)13-15-5-6-17-16(12-15)4-3-11-24-17/h5-6,12,14H,3-4,7-11,13H2,1-2H3. The van der Waals surface area contributed by atoms with E-state index in [-0.39, 0.29) is 17.7 Å². The zero-order chi connectivity index (χ0) is 17.1. The predicted octanol–water partition coefficient (Wildman–Crippen LogP) is 2.59. The number of thioether (sulfide) groups is 1. The second kappa shape index (κ2) is 7.60. The molecule has 0 saturated carbocycles. The van der Waals surface area contributed by atoms with Crippen molar-refractivity contribution < 1.29 is 9.59 Å². The van der Waals surface area contributed by atoms with Crippen molar-refractivity contribution in [2.24, 2.45) is 5.92 Å². The summed E-state index contributed by atoms with van der Waals surface area (Å²) in [7, 11) is 0. The molecule has 1 aromatic carbocycles. The predicted molar refractivity (Wildman–Crippen MR) is 97.2 cm³/mol. The van der Waals surface area contributed by atoms with E-state index in [4.69, 9.17) is 0 Å². The Labute approximate surface area is 148 Å². The molecule has 4 nitrogen and oxygen atoms in total. The second-order valence-electron chi connectivity index (χ2n) is 6.93. The van der Waals surface area contributed by atoms with Gasteiger partial charge < -0.3 is 9.80 Å². The topological polar surface area (TPSA) is 40.6 Å². The van der Waals surface area contributed by atoms with Gasteiger partial charge >= 0.3 is 0 Å². The highest BCUT2D eigenvalue weighted by Crippen LogP contribution is 2.30. The average Bonchev–Trinajstić information content (AvgIpc) is 2.61. The van der Waals surface area contributed by atoms with Crippen LogP contribution in [0.15, 0.2) is 23.1 Å². The van der Waals surface area contributed by atoms with Crippen molar-refractivity contribution >= 4 is 23.6 Å². The van der Waals surface area contributed by atoms with Gasteiger partial charge in [-0.05, 0) is 35.8 Å². The quantitative estimate of drug-likeness (QED) is 0.845. The van der Waals surface area contributed by atoms with Gasteiger partial charge in [-0.2, -0.15) is 0 Å². The van der Waals surface area contributed by atoms with Crippen LogP contribution in [0.2, 0.25) is 0 Å². The third-order valence-corrected chi connectivity index (χ3v) is 5.97. The molecule has 1 saturated heterocycles. The maximum atomic E-state index is 12.6. The molecule has 2 aliphatic heterocycles. The Morgan fingerprint density at radius 1 is 1.12 bits per heavy atom. The van der Waals surface area contributed by atoms with Crippen LogP contribution in [0.25, 0.3) is 0 Å². The first kappa shape index (κ1) is 17.3. The Bertz CT molecular complexity index is 622. The molecule has 2 amide bonds. The number of nitrogens with zero attached hydrogens (tertiary/aromatic N) is 2. The van der Waals surface area contributed by atoms with Gasteiger partial charge in [-0.1, -0.05) is 26.0 Å². The summed E-state index contributed by atoms with van der Waals surface area (Å²) in [5.74, 6) is 1.59. The molecule has 0 N–H and O–H groups in total. The summed E-state index contributed by atoms with van der Waals surface area (Å²) in [6.07, 6.45) is 2.82. The van der Waals surface area contributed by atoms with E-state index < -0.39 is 0 Å². The molecular formula is C19H26N2O2S. The van der Waals surface area contributed by atoms with Crippen molar-refractivity contribution in [1.82, 2.24) is 9.80 Å². The van der Waals surface area contributed by atoms with Gasteiger partial charge in [0.05, 0.1) is 6.42 Å². The van der Waals surface area contributed by atoms with Gasteiger partial charge in [-0.3, -0.25) is 9.59 Å². The van der Waals surface area contributed by atoms with Crippen LogP contribution in [-0.4, -0.2) is 53.5 Å². The van der Waals surface area contributed by atoms with E-state index in [1.165, 1.54) is 22.6 Å². The number of rotatable bonds is 3. The van der Waals surface area contributed by atoms with Crippen LogP contribution in [-0.2, 0) is 22.4 Å². The number of hydrogen-bond acceptors (Lipinski definition) is 3. The molecule has 5 heteroatoms. The van der Waals surface area contributed by atoms with Crippen molar-refractivity contribution in [3.05, 3.63) is 29.3 Å². The number of benzene rings is 1. The number of carbonyl (C=O) groups excluding carboxylic acids is 2. The van der Waals surface area contributed by atoms with Gasteiger partial charge in [0.15, 0.2) is 0 Å². The van der Waals surface area contributed by atoms with Crippen molar-refractivity contribution in [2.75, 3.05) is 31.9 Å². The lowest BCUT2D eigenvalue weighted by atomic mass is 10.0. The summed E-state index contributed by atoms with van der Waals surface area (Å²) >= 11 is 1.92. The molecule has 0 aromatic heterocycles. The highest BCUT2D eigenvalue weighted by Gasteiger charge is 2.25. The summed E-state index contributed by atoms with van der Waals surface area (Å²) < 4.78 is 0. The van der Waals surface area contributed by atoms with Crippen LogP contribution in [0.1, 0.15) is 31.4 Å². The van der Waals surface area contributed by atoms with Gasteiger partial charge in [0, 0.05) is 37.0 Å². The molecule has 0 atom stereocenters. The fourth-order valence-corrected chi connectivity index (χ4v) is 4.37. The molecule has 2 aliphatic rings. The van der Waals surface area contributed by atoms with Crippen LogP contribution in [0.5, 0.6) is 0 Å². The maximum Gasteiger partial charge on any atom is 0.227 e. The number of hydrogen-bond donors (Lipinski definition) is 0. The summed E-state index contributed by atoms with van der Waals surface area (Å²) in [6.45, 7) is 6.46. The zero-order valence-corrected chi connectivity index (χ0v) is 15.4. The fraction of sp³-hybridized carbons (Fsp3) is 0.579. The van der Waals surface area contributed by atoms with Gasteiger partial charge in [-0.15, -0.1) is 11.8 Å². The second-order valence-corrected chi connectivity index (χ2v) is 8.07. The van der Waals surface area contributed by atoms with E-state index in [2.05, 4.69) is 18.2 Å². The monoisotopic (exact) mass is 346 g/mol. The summed E-state index contributed by atoms with van der Waals surface area (Å²) in [4.78, 5) is 29.7. The lowest BCUT2D eigenvalue weighted by molar-refractivity contribution is -0.141. The first-order chi connectivity index (χ1) is 11.5. The molecule has 1 aromatic rings. The Balaban J connectivity index is 1.55. The van der Waals surface area contributed by atoms with Crippen LogP contribution in [0.3, 0.4) is 0 Å². The summed E-state index contributed by atoms with van der Waals surface area (Å²) in [5, 5.41) is 0. The van der Waals surface area contributed by atoms with Gasteiger partial charge in [-0.25, -0.2) is 0 Å². The number of aryl methyl sites for hydroxylation is 1. The van der Waals surface area contributed by atoms with Crippen molar-refractivity contribution in [2.45, 2.75) is 38.0 Å². The van der Waals surface area contributed by atoms with E-state index in [0.717, 1.165) is 12.0 Å². The SMILES string of the molecule is CC(C)C(=O)N1CCN(C(=O)Cc2ccc3c(c2)CCCS3)CC1. The minimum absolute atomic E-state index is 0.0283. The molecule has 1 fully saturated rings. The lowest BCUT2D eigenvalue weighted by Crippen LogP contribution is -2.51. The van der Waals surface area contributed by atoms with E-state index in [1.807, 2.05) is 35.4 Å². The third-order valence-electron chi connectivity index (χ3n) is 4.77. The van der Waals surface area contributed by atoms with Crippen molar-refractivity contribution in [3.63, 3.8) is 0 Å². The minimum Gasteiger partial charge on any atom is -0.339 e. The van der Waals surface area contributed by atoms with E-state index in [0.29, 0.717) is 32.6 Å². The summed E-state index contributed by atoms with van der Waals surface area (Å²) in [6, 6.07) is 6.46. The lowest BCUT2D eigenvalue weighted by Gasteiger charge is -2.35. The molecule has 0 unspecified atom stereocenters. The molecule has 0 spiro atoms. The number of carbonyl (C=O) groups is 2. The van der Waals surface area contributed by atoms with Crippen LogP contribution in [0, 0.1) is 5.92 Å². The van der Waals surface area contributed by atoms with Crippen molar-refractivity contribution in [3.8, 4) is 0 Å². The molecule has 2 heterocycles. The normalized spacial score (nSPS) is 17.8. The van der Waals surface area contributed by atoms with Gasteiger partial charge in [0.25, 0.3) is 0 Å². The minimum atomic E-state index is 0.0283. The highest BCUT2D eigenvalue weighted by atomic mass is 32.2. The largest absolute Gasteiger partial charge is 0.339 e. The van der Waals surface area contributed by atoms with E-state index in [9.17, 15) is 9.59 Å².